The quantitative estimate of drug-likeness (QED) is 0.789. The van der Waals surface area contributed by atoms with E-state index in [-0.39, 0.29) is 0 Å². The van der Waals surface area contributed by atoms with Gasteiger partial charge in [-0.2, -0.15) is 0 Å². The van der Waals surface area contributed by atoms with E-state index < -0.39 is 5.91 Å². The minimum Gasteiger partial charge on any atom is -0.366 e. The Morgan fingerprint density at radius 1 is 1.05 bits per heavy atom. The summed E-state index contributed by atoms with van der Waals surface area (Å²) >= 11 is 0. The lowest BCUT2D eigenvalue weighted by Crippen LogP contribution is -2.38. The largest absolute Gasteiger partial charge is 0.366 e. The molecular weight excluding hydrogens is 264 g/mol. The number of allylic oxidation sites excluding steroid dienone is 4. The normalized spacial score (nSPS) is 21.8. The summed E-state index contributed by atoms with van der Waals surface area (Å²) in [7, 11) is 0. The monoisotopic (exact) mass is 278 g/mol. The molecule has 0 saturated heterocycles. The van der Waals surface area contributed by atoms with Crippen molar-refractivity contribution in [3.63, 3.8) is 0 Å². The van der Waals surface area contributed by atoms with Gasteiger partial charge in [-0.1, -0.05) is 12.2 Å². The molecule has 0 bridgehead atoms. The fourth-order valence-corrected chi connectivity index (χ4v) is 2.68. The lowest BCUT2D eigenvalue weighted by Gasteiger charge is -2.41. The first-order valence-corrected chi connectivity index (χ1v) is 6.75. The van der Waals surface area contributed by atoms with Gasteiger partial charge < -0.3 is 20.4 Å². The van der Waals surface area contributed by atoms with Crippen molar-refractivity contribution in [3.05, 3.63) is 84.0 Å². The van der Waals surface area contributed by atoms with Crippen molar-refractivity contribution in [2.45, 2.75) is 0 Å². The molecule has 0 aromatic carbocycles. The van der Waals surface area contributed by atoms with E-state index in [1.165, 1.54) is 0 Å². The van der Waals surface area contributed by atoms with Crippen molar-refractivity contribution in [1.29, 1.82) is 0 Å². The minimum absolute atomic E-state index is 0.420. The molecule has 0 unspecified atom stereocenters. The van der Waals surface area contributed by atoms with Gasteiger partial charge in [0.15, 0.2) is 0 Å². The molecule has 5 nitrogen and oxygen atoms in total. The Hall–Kier alpha value is -2.95. The molecule has 104 valence electrons. The molecule has 0 fully saturated rings. The van der Waals surface area contributed by atoms with Gasteiger partial charge in [-0.15, -0.1) is 0 Å². The molecule has 4 aliphatic rings. The third-order valence-electron chi connectivity index (χ3n) is 3.77. The van der Waals surface area contributed by atoms with Gasteiger partial charge in [0, 0.05) is 30.8 Å². The van der Waals surface area contributed by atoms with Gasteiger partial charge in [0.2, 0.25) is 5.91 Å². The molecule has 1 amide bonds. The highest BCUT2D eigenvalue weighted by Crippen LogP contribution is 2.32. The van der Waals surface area contributed by atoms with Crippen LogP contribution in [-0.4, -0.2) is 27.2 Å². The summed E-state index contributed by atoms with van der Waals surface area (Å²) in [5, 5.41) is 0. The highest BCUT2D eigenvalue weighted by Gasteiger charge is 2.27. The number of nitrogens with two attached hydrogens (primary N) is 1. The Labute approximate surface area is 122 Å². The van der Waals surface area contributed by atoms with Gasteiger partial charge in [0.25, 0.3) is 0 Å². The molecule has 0 atom stereocenters. The van der Waals surface area contributed by atoms with Gasteiger partial charge in [-0.05, 0) is 24.3 Å². The standard InChI is InChI=1S/C16H14N4O/c17-16(21)12-4-5-14-10-18-8-6-13-3-1-2-7-20(13)15(18)11-19(14)9-12/h1-6,8-11H,7H2,(H2,17,21). The highest BCUT2D eigenvalue weighted by molar-refractivity contribution is 5.95. The van der Waals surface area contributed by atoms with Crippen LogP contribution in [0.1, 0.15) is 0 Å². The lowest BCUT2D eigenvalue weighted by molar-refractivity contribution is -0.114. The van der Waals surface area contributed by atoms with Gasteiger partial charge in [0.1, 0.15) is 5.82 Å². The van der Waals surface area contributed by atoms with Crippen molar-refractivity contribution in [1.82, 2.24) is 14.7 Å². The van der Waals surface area contributed by atoms with Crippen molar-refractivity contribution in [2.75, 3.05) is 6.54 Å². The van der Waals surface area contributed by atoms with Crippen LogP contribution in [0.25, 0.3) is 0 Å². The van der Waals surface area contributed by atoms with Crippen LogP contribution in [0.4, 0.5) is 0 Å². The topological polar surface area (TPSA) is 52.8 Å². The first-order valence-electron chi connectivity index (χ1n) is 6.75. The molecule has 21 heavy (non-hydrogen) atoms. The molecule has 4 rings (SSSR count). The predicted octanol–water partition coefficient (Wildman–Crippen LogP) is 1.47. The maximum atomic E-state index is 11.3. The molecule has 0 spiro atoms. The van der Waals surface area contributed by atoms with Crippen LogP contribution >= 0.6 is 0 Å². The number of fused-ring (bicyclic) bond motifs is 4. The van der Waals surface area contributed by atoms with E-state index in [0.717, 1.165) is 23.8 Å². The second-order valence-corrected chi connectivity index (χ2v) is 5.08. The van der Waals surface area contributed by atoms with Crippen molar-refractivity contribution in [2.24, 2.45) is 5.73 Å². The molecule has 0 radical (unpaired) electrons. The number of nitrogens with zero attached hydrogens (tertiary/aromatic N) is 3. The summed E-state index contributed by atoms with van der Waals surface area (Å²) in [5.74, 6) is 0.628. The second-order valence-electron chi connectivity index (χ2n) is 5.08. The Kier molecular flexibility index (Phi) is 2.41. The molecule has 4 heterocycles. The van der Waals surface area contributed by atoms with Gasteiger partial charge in [-0.3, -0.25) is 4.79 Å². The fraction of sp³-hybridized carbons (Fsp3) is 0.0625. The van der Waals surface area contributed by atoms with Crippen LogP contribution in [0.5, 0.6) is 0 Å². The molecule has 4 aliphatic heterocycles. The van der Waals surface area contributed by atoms with Gasteiger partial charge >= 0.3 is 0 Å². The number of carbonyl (C=O) groups excluding carboxylic acids is 1. The summed E-state index contributed by atoms with van der Waals surface area (Å²) in [6, 6.07) is 0. The predicted molar refractivity (Wildman–Crippen MR) is 79.3 cm³/mol. The molecule has 0 aromatic heterocycles. The molecule has 0 aromatic rings. The SMILES string of the molecule is NC(=O)C1=CN2C=C3N(C=CC4=CC=CCN43)C=C2C=C1. The zero-order valence-corrected chi connectivity index (χ0v) is 11.3. The maximum Gasteiger partial charge on any atom is 0.250 e. The average molecular weight is 278 g/mol. The van der Waals surface area contributed by atoms with Crippen molar-refractivity contribution >= 4 is 5.91 Å². The Balaban J connectivity index is 1.75. The van der Waals surface area contributed by atoms with E-state index in [1.807, 2.05) is 29.6 Å². The maximum absolute atomic E-state index is 11.3. The third-order valence-corrected chi connectivity index (χ3v) is 3.77. The van der Waals surface area contributed by atoms with E-state index in [0.29, 0.717) is 5.57 Å². The average Bonchev–Trinajstić information content (AvgIpc) is 2.52. The van der Waals surface area contributed by atoms with Gasteiger partial charge in [0.05, 0.1) is 17.5 Å². The molecule has 2 N–H and O–H groups in total. The first-order chi connectivity index (χ1) is 10.2. The van der Waals surface area contributed by atoms with Gasteiger partial charge in [-0.25, -0.2) is 0 Å². The zero-order chi connectivity index (χ0) is 14.4. The third kappa shape index (κ3) is 1.82. The van der Waals surface area contributed by atoms with Crippen LogP contribution in [0.15, 0.2) is 84.0 Å². The Morgan fingerprint density at radius 2 is 1.95 bits per heavy atom. The van der Waals surface area contributed by atoms with E-state index in [4.69, 9.17) is 5.73 Å². The number of amides is 1. The number of hydrogen-bond acceptors (Lipinski definition) is 4. The summed E-state index contributed by atoms with van der Waals surface area (Å²) in [6.45, 7) is 0.831. The second kappa shape index (κ2) is 4.28. The summed E-state index contributed by atoms with van der Waals surface area (Å²) < 4.78 is 0. The number of hydrogen-bond donors (Lipinski definition) is 1. The fourth-order valence-electron chi connectivity index (χ4n) is 2.68. The first kappa shape index (κ1) is 11.8. The summed E-state index contributed by atoms with van der Waals surface area (Å²) in [6.07, 6.45) is 19.8. The van der Waals surface area contributed by atoms with E-state index in [2.05, 4.69) is 34.1 Å². The van der Waals surface area contributed by atoms with Crippen LogP contribution < -0.4 is 5.73 Å². The van der Waals surface area contributed by atoms with Crippen LogP contribution in [0.2, 0.25) is 0 Å². The van der Waals surface area contributed by atoms with E-state index in [1.54, 1.807) is 12.3 Å². The van der Waals surface area contributed by atoms with Crippen LogP contribution in [0, 0.1) is 0 Å². The Bertz CT molecular complexity index is 733. The minimum atomic E-state index is -0.420. The summed E-state index contributed by atoms with van der Waals surface area (Å²) in [4.78, 5) is 17.5. The van der Waals surface area contributed by atoms with E-state index >= 15 is 0 Å². The zero-order valence-electron chi connectivity index (χ0n) is 11.3. The van der Waals surface area contributed by atoms with E-state index in [9.17, 15) is 4.79 Å². The molecule has 5 heteroatoms. The smallest absolute Gasteiger partial charge is 0.250 e. The highest BCUT2D eigenvalue weighted by atomic mass is 16.1. The molecule has 0 aliphatic carbocycles. The van der Waals surface area contributed by atoms with Crippen molar-refractivity contribution in [3.8, 4) is 0 Å². The number of primary amides is 1. The molecule has 0 saturated carbocycles. The van der Waals surface area contributed by atoms with Crippen molar-refractivity contribution < 1.29 is 4.79 Å². The molecular formula is C16H14N4O. The number of rotatable bonds is 1. The lowest BCUT2D eigenvalue weighted by atomic mass is 10.1. The number of carbonyl (C=O) groups is 1. The summed E-state index contributed by atoms with van der Waals surface area (Å²) in [5.41, 5.74) is 8.00. The Morgan fingerprint density at radius 3 is 2.81 bits per heavy atom. The van der Waals surface area contributed by atoms with Crippen LogP contribution in [-0.2, 0) is 4.79 Å². The van der Waals surface area contributed by atoms with Crippen LogP contribution in [0.3, 0.4) is 0 Å².